The normalized spacial score (nSPS) is 25.6. The Hall–Kier alpha value is -4.28. The van der Waals surface area contributed by atoms with Crippen molar-refractivity contribution in [1.29, 1.82) is 0 Å². The molecule has 0 aliphatic heterocycles. The molecule has 0 heterocycles. The van der Waals surface area contributed by atoms with E-state index in [4.69, 9.17) is 5.73 Å². The third-order valence-electron chi connectivity index (χ3n) is 8.66. The molecule has 1 fully saturated rings. The number of likely N-dealkylation sites (N-methyl/N-ethyl adjacent to an activating group) is 1. The Morgan fingerprint density at radius 1 is 1.05 bits per heavy atom. The van der Waals surface area contributed by atoms with E-state index in [2.05, 4.69) is 0 Å². The van der Waals surface area contributed by atoms with Gasteiger partial charge in [-0.1, -0.05) is 37.3 Å². The van der Waals surface area contributed by atoms with Crippen molar-refractivity contribution in [3.63, 3.8) is 0 Å². The topological polar surface area (TPSA) is 178 Å². The van der Waals surface area contributed by atoms with Gasteiger partial charge in [-0.2, -0.15) is 0 Å². The molecule has 5 rings (SSSR count). The van der Waals surface area contributed by atoms with Crippen LogP contribution in [0.3, 0.4) is 0 Å². The van der Waals surface area contributed by atoms with Crippen LogP contribution in [0.4, 0.5) is 0 Å². The van der Waals surface area contributed by atoms with E-state index >= 15 is 0 Å². The molecule has 3 aliphatic carbocycles. The zero-order chi connectivity index (χ0) is 30.0. The van der Waals surface area contributed by atoms with Crippen LogP contribution in [0, 0.1) is 11.8 Å². The number of hydrogen-bond donors (Lipinski definition) is 5. The highest BCUT2D eigenvalue weighted by atomic mass is 16.3. The number of carbonyl (C=O) groups is 4. The number of aromatic hydroxyl groups is 1. The quantitative estimate of drug-likeness (QED) is 0.331. The molecular weight excluding hydrogens is 528 g/mol. The lowest BCUT2D eigenvalue weighted by atomic mass is 9.57. The van der Waals surface area contributed by atoms with Crippen molar-refractivity contribution >= 4 is 29.0 Å². The number of phenols is 1. The predicted molar refractivity (Wildman–Crippen MR) is 149 cm³/mol. The molecule has 1 saturated carbocycles. The number of nitrogens with two attached hydrogens (primary N) is 1. The molecule has 4 unspecified atom stereocenters. The first-order chi connectivity index (χ1) is 19.3. The lowest BCUT2D eigenvalue weighted by Gasteiger charge is -2.50. The lowest BCUT2D eigenvalue weighted by molar-refractivity contribution is -0.153. The second-order valence-electron chi connectivity index (χ2n) is 11.2. The van der Waals surface area contributed by atoms with E-state index in [1.807, 2.05) is 31.2 Å². The van der Waals surface area contributed by atoms with Crippen LogP contribution in [0.2, 0.25) is 0 Å². The van der Waals surface area contributed by atoms with Crippen LogP contribution in [0.15, 0.2) is 53.3 Å². The molecule has 214 valence electrons. The second kappa shape index (κ2) is 9.97. The Morgan fingerprint density at radius 3 is 2.29 bits per heavy atom. The number of aliphatic hydroxyl groups excluding tert-OH is 2. The Kier molecular flexibility index (Phi) is 6.87. The minimum atomic E-state index is -2.68. The second-order valence-corrected chi connectivity index (χ2v) is 11.2. The van der Waals surface area contributed by atoms with E-state index in [1.165, 1.54) is 11.0 Å². The van der Waals surface area contributed by atoms with Gasteiger partial charge < -0.3 is 26.2 Å². The number of nitrogens with zero attached hydrogens (tertiary/aromatic N) is 1. The van der Waals surface area contributed by atoms with Crippen LogP contribution in [0.5, 0.6) is 5.75 Å². The van der Waals surface area contributed by atoms with Crippen molar-refractivity contribution in [3.8, 4) is 16.9 Å². The zero-order valence-electron chi connectivity index (χ0n) is 23.0. The number of primary amides is 1. The number of ketones is 3. The molecule has 0 spiro atoms. The highest BCUT2D eigenvalue weighted by molar-refractivity contribution is 6.24. The fourth-order valence-corrected chi connectivity index (χ4v) is 6.67. The summed E-state index contributed by atoms with van der Waals surface area (Å²) in [6.07, 6.45) is 0.957. The maximum Gasteiger partial charge on any atom is 0.255 e. The summed E-state index contributed by atoms with van der Waals surface area (Å²) >= 11 is 0. The summed E-state index contributed by atoms with van der Waals surface area (Å²) in [4.78, 5) is 52.6. The van der Waals surface area contributed by atoms with Crippen LogP contribution in [-0.2, 0) is 32.0 Å². The van der Waals surface area contributed by atoms with Crippen molar-refractivity contribution < 1.29 is 39.6 Å². The third kappa shape index (κ3) is 4.17. The molecule has 0 saturated heterocycles. The van der Waals surface area contributed by atoms with Gasteiger partial charge in [0.05, 0.1) is 11.6 Å². The van der Waals surface area contributed by atoms with Crippen molar-refractivity contribution in [3.05, 3.63) is 70.0 Å². The largest absolute Gasteiger partial charge is 0.508 e. The van der Waals surface area contributed by atoms with Crippen molar-refractivity contribution in [2.75, 3.05) is 14.1 Å². The van der Waals surface area contributed by atoms with Gasteiger partial charge in [0.2, 0.25) is 5.78 Å². The summed E-state index contributed by atoms with van der Waals surface area (Å²) in [5.41, 5.74) is 4.58. The van der Waals surface area contributed by atoms with Gasteiger partial charge in [-0.25, -0.2) is 0 Å². The number of Topliss-reactive ketones (excluding diaryl/α,β-unsaturated/α-hetero) is 3. The van der Waals surface area contributed by atoms with Gasteiger partial charge in [-0.3, -0.25) is 24.1 Å². The van der Waals surface area contributed by atoms with Gasteiger partial charge in [-0.05, 0) is 61.2 Å². The van der Waals surface area contributed by atoms with E-state index in [9.17, 15) is 39.6 Å². The van der Waals surface area contributed by atoms with Crippen molar-refractivity contribution in [1.82, 2.24) is 4.90 Å². The van der Waals surface area contributed by atoms with E-state index in [1.54, 1.807) is 20.2 Å². The van der Waals surface area contributed by atoms with Crippen LogP contribution in [0.1, 0.15) is 36.5 Å². The van der Waals surface area contributed by atoms with Crippen LogP contribution >= 0.6 is 0 Å². The standard InChI is InChI=1S/C31H32N2O8/c1-4-17(34)11-14-5-7-15(8-6-14)18-9-10-21(35)23-19(18)12-16-13-20-25(33(2)3)27(37)24(30(32)40)29(39)31(20,41)28(38)22(16)26(23)36/h5-10,16,20,25,35-36,39,41H,4,11-13H2,1-3H3,(H2,32,40). The Labute approximate surface area is 236 Å². The first-order valence-corrected chi connectivity index (χ1v) is 13.4. The fraction of sp³-hybridized carbons (Fsp3) is 0.355. The molecule has 10 heteroatoms. The number of amides is 1. The summed E-state index contributed by atoms with van der Waals surface area (Å²) in [7, 11) is 3.11. The van der Waals surface area contributed by atoms with Gasteiger partial charge in [-0.15, -0.1) is 0 Å². The van der Waals surface area contributed by atoms with Crippen molar-refractivity contribution in [2.45, 2.75) is 44.2 Å². The number of fused-ring (bicyclic) bond motifs is 3. The zero-order valence-corrected chi connectivity index (χ0v) is 23.0. The van der Waals surface area contributed by atoms with Gasteiger partial charge in [0.15, 0.2) is 11.4 Å². The van der Waals surface area contributed by atoms with Crippen molar-refractivity contribution in [2.24, 2.45) is 17.6 Å². The average Bonchev–Trinajstić information content (AvgIpc) is 2.91. The summed E-state index contributed by atoms with van der Waals surface area (Å²) in [5, 5.41) is 44.9. The minimum Gasteiger partial charge on any atom is -0.508 e. The number of phenolic OH excluding ortho intramolecular Hbond substituents is 1. The number of benzene rings is 2. The minimum absolute atomic E-state index is 0.0128. The molecular formula is C31H32N2O8. The summed E-state index contributed by atoms with van der Waals surface area (Å²) in [5.74, 6) is -6.74. The van der Waals surface area contributed by atoms with Gasteiger partial charge in [0, 0.05) is 24.3 Å². The van der Waals surface area contributed by atoms with Gasteiger partial charge in [0.1, 0.15) is 28.6 Å². The molecule has 2 aromatic rings. The molecule has 0 aromatic heterocycles. The Bertz CT molecular complexity index is 1570. The smallest absolute Gasteiger partial charge is 0.255 e. The summed E-state index contributed by atoms with van der Waals surface area (Å²) in [6.45, 7) is 1.81. The molecule has 10 nitrogen and oxygen atoms in total. The molecule has 1 amide bonds. The number of hydrogen-bond acceptors (Lipinski definition) is 9. The molecule has 0 radical (unpaired) electrons. The van der Waals surface area contributed by atoms with Crippen LogP contribution in [-0.4, -0.2) is 74.3 Å². The number of aliphatic hydroxyl groups is 3. The van der Waals surface area contributed by atoms with Crippen LogP contribution in [0.25, 0.3) is 16.9 Å². The molecule has 4 atom stereocenters. The summed E-state index contributed by atoms with van der Waals surface area (Å²) < 4.78 is 0. The lowest BCUT2D eigenvalue weighted by Crippen LogP contribution is -2.65. The maximum absolute atomic E-state index is 14.0. The molecule has 0 bridgehead atoms. The first kappa shape index (κ1) is 28.3. The van der Waals surface area contributed by atoms with E-state index in [-0.39, 0.29) is 35.5 Å². The Balaban J connectivity index is 1.65. The van der Waals surface area contributed by atoms with E-state index in [0.29, 0.717) is 24.0 Å². The first-order valence-electron chi connectivity index (χ1n) is 13.4. The monoisotopic (exact) mass is 560 g/mol. The van der Waals surface area contributed by atoms with E-state index < -0.39 is 58.0 Å². The molecule has 41 heavy (non-hydrogen) atoms. The summed E-state index contributed by atoms with van der Waals surface area (Å²) in [6, 6.07) is 9.35. The highest BCUT2D eigenvalue weighted by Crippen LogP contribution is 2.53. The Morgan fingerprint density at radius 2 is 1.71 bits per heavy atom. The molecule has 3 aliphatic rings. The molecule has 2 aromatic carbocycles. The fourth-order valence-electron chi connectivity index (χ4n) is 6.67. The number of rotatable bonds is 6. The van der Waals surface area contributed by atoms with Gasteiger partial charge >= 0.3 is 0 Å². The molecule has 6 N–H and O–H groups in total. The maximum atomic E-state index is 14.0. The average molecular weight is 561 g/mol. The SMILES string of the molecule is CCC(=O)Cc1ccc(-c2ccc(O)c3c2CC2CC4C(N(C)C)C(=O)C(C(N)=O)=C(O)C4(O)C(=O)C2=C3O)cc1. The third-order valence-corrected chi connectivity index (χ3v) is 8.66. The van der Waals surface area contributed by atoms with E-state index in [0.717, 1.165) is 11.1 Å². The van der Waals surface area contributed by atoms with Gasteiger partial charge in [0.25, 0.3) is 5.91 Å². The number of carbonyl (C=O) groups excluding carboxylic acids is 4. The predicted octanol–water partition coefficient (Wildman–Crippen LogP) is 2.15. The highest BCUT2D eigenvalue weighted by Gasteiger charge is 2.64. The van der Waals surface area contributed by atoms with Crippen LogP contribution < -0.4 is 5.73 Å².